The number of nitrogens with zero attached hydrogens (tertiary/aromatic N) is 1. The molecular weight excluding hydrogens is 212 g/mol. The van der Waals surface area contributed by atoms with E-state index >= 15 is 0 Å². The van der Waals surface area contributed by atoms with Crippen LogP contribution in [0.5, 0.6) is 0 Å². The first-order valence-electron chi connectivity index (χ1n) is 5.85. The Morgan fingerprint density at radius 3 is 2.53 bits per heavy atom. The summed E-state index contributed by atoms with van der Waals surface area (Å²) < 4.78 is 25.6. The third kappa shape index (κ3) is 2.92. The molecule has 0 aromatic heterocycles. The SMILES string of the molecule is NC1CCCCCN1S(=O)(=O)CC1CC1. The smallest absolute Gasteiger partial charge is 0.215 e. The summed E-state index contributed by atoms with van der Waals surface area (Å²) in [6.45, 7) is 0.621. The minimum absolute atomic E-state index is 0.281. The van der Waals surface area contributed by atoms with Crippen molar-refractivity contribution < 1.29 is 8.42 Å². The summed E-state index contributed by atoms with van der Waals surface area (Å²) in [7, 11) is -3.08. The second-order valence-electron chi connectivity index (χ2n) is 4.75. The number of sulfonamides is 1. The third-order valence-electron chi connectivity index (χ3n) is 3.25. The first-order valence-corrected chi connectivity index (χ1v) is 7.45. The van der Waals surface area contributed by atoms with Gasteiger partial charge in [0.1, 0.15) is 0 Å². The fourth-order valence-corrected chi connectivity index (χ4v) is 4.18. The summed E-state index contributed by atoms with van der Waals surface area (Å²) >= 11 is 0. The largest absolute Gasteiger partial charge is 0.315 e. The monoisotopic (exact) mass is 232 g/mol. The maximum Gasteiger partial charge on any atom is 0.215 e. The van der Waals surface area contributed by atoms with Crippen LogP contribution in [0.25, 0.3) is 0 Å². The molecule has 2 aliphatic rings. The Labute approximate surface area is 91.9 Å². The molecule has 1 saturated heterocycles. The van der Waals surface area contributed by atoms with E-state index in [9.17, 15) is 8.42 Å². The van der Waals surface area contributed by atoms with Crippen LogP contribution in [0.2, 0.25) is 0 Å². The van der Waals surface area contributed by atoms with Crippen molar-refractivity contribution in [1.82, 2.24) is 4.31 Å². The van der Waals surface area contributed by atoms with Gasteiger partial charge in [0.25, 0.3) is 0 Å². The standard InChI is InChI=1S/C10H20N2O2S/c11-10-4-2-1-3-7-12(10)15(13,14)8-9-5-6-9/h9-10H,1-8,11H2. The molecule has 2 N–H and O–H groups in total. The van der Waals surface area contributed by atoms with E-state index in [4.69, 9.17) is 5.73 Å². The molecule has 2 rings (SSSR count). The molecule has 0 spiro atoms. The van der Waals surface area contributed by atoms with E-state index < -0.39 is 10.0 Å². The van der Waals surface area contributed by atoms with E-state index in [1.54, 1.807) is 4.31 Å². The van der Waals surface area contributed by atoms with Crippen LogP contribution in [0.1, 0.15) is 38.5 Å². The molecule has 0 bridgehead atoms. The summed E-state index contributed by atoms with van der Waals surface area (Å²) in [5.41, 5.74) is 5.91. The van der Waals surface area contributed by atoms with E-state index in [-0.39, 0.29) is 6.17 Å². The van der Waals surface area contributed by atoms with E-state index in [1.165, 1.54) is 0 Å². The van der Waals surface area contributed by atoms with Crippen LogP contribution in [0.4, 0.5) is 0 Å². The lowest BCUT2D eigenvalue weighted by molar-refractivity contribution is 0.329. The van der Waals surface area contributed by atoms with Gasteiger partial charge in [-0.3, -0.25) is 0 Å². The van der Waals surface area contributed by atoms with Gasteiger partial charge in [0.2, 0.25) is 10.0 Å². The van der Waals surface area contributed by atoms with Crippen LogP contribution in [-0.4, -0.2) is 31.2 Å². The first kappa shape index (κ1) is 11.4. The van der Waals surface area contributed by atoms with Crippen LogP contribution >= 0.6 is 0 Å². The highest BCUT2D eigenvalue weighted by Crippen LogP contribution is 2.32. The maximum absolute atomic E-state index is 12.0. The molecule has 1 saturated carbocycles. The zero-order valence-electron chi connectivity index (χ0n) is 9.06. The molecule has 1 unspecified atom stereocenters. The highest BCUT2D eigenvalue weighted by atomic mass is 32.2. The Morgan fingerprint density at radius 2 is 1.87 bits per heavy atom. The summed E-state index contributed by atoms with van der Waals surface area (Å²) in [4.78, 5) is 0. The predicted molar refractivity (Wildman–Crippen MR) is 59.7 cm³/mol. The Hall–Kier alpha value is -0.130. The van der Waals surface area contributed by atoms with Crippen LogP contribution < -0.4 is 5.73 Å². The fourth-order valence-electron chi connectivity index (χ4n) is 2.13. The Balaban J connectivity index is 2.04. The zero-order chi connectivity index (χ0) is 10.9. The van der Waals surface area contributed by atoms with Gasteiger partial charge in [0, 0.05) is 6.54 Å². The quantitative estimate of drug-likeness (QED) is 0.786. The van der Waals surface area contributed by atoms with Crippen molar-refractivity contribution >= 4 is 10.0 Å². The van der Waals surface area contributed by atoms with Gasteiger partial charge in [-0.1, -0.05) is 12.8 Å². The minimum atomic E-state index is -3.08. The van der Waals surface area contributed by atoms with Gasteiger partial charge >= 0.3 is 0 Å². The summed E-state index contributed by atoms with van der Waals surface area (Å²) in [5.74, 6) is 0.728. The topological polar surface area (TPSA) is 63.4 Å². The van der Waals surface area contributed by atoms with E-state index in [0.717, 1.165) is 38.5 Å². The van der Waals surface area contributed by atoms with Gasteiger partial charge in [-0.25, -0.2) is 8.42 Å². The summed E-state index contributed by atoms with van der Waals surface area (Å²) in [6.07, 6.45) is 5.78. The van der Waals surface area contributed by atoms with Crippen LogP contribution in [0.15, 0.2) is 0 Å². The van der Waals surface area contributed by atoms with Crippen LogP contribution in [0.3, 0.4) is 0 Å². The maximum atomic E-state index is 12.0. The lowest BCUT2D eigenvalue weighted by Crippen LogP contribution is -2.46. The highest BCUT2D eigenvalue weighted by Gasteiger charge is 2.34. The second kappa shape index (κ2) is 4.39. The van der Waals surface area contributed by atoms with Gasteiger partial charge in [0.05, 0.1) is 11.9 Å². The van der Waals surface area contributed by atoms with Crippen LogP contribution in [-0.2, 0) is 10.0 Å². The Morgan fingerprint density at radius 1 is 1.13 bits per heavy atom. The van der Waals surface area contributed by atoms with Gasteiger partial charge in [0.15, 0.2) is 0 Å². The average Bonchev–Trinajstić information content (AvgIpc) is 2.92. The van der Waals surface area contributed by atoms with Crippen molar-refractivity contribution in [2.45, 2.75) is 44.7 Å². The van der Waals surface area contributed by atoms with Crippen molar-refractivity contribution in [2.24, 2.45) is 11.7 Å². The van der Waals surface area contributed by atoms with Crippen molar-refractivity contribution in [1.29, 1.82) is 0 Å². The Bertz CT molecular complexity index is 311. The molecule has 0 aromatic rings. The number of hydrogen-bond donors (Lipinski definition) is 1. The van der Waals surface area contributed by atoms with E-state index in [1.807, 2.05) is 0 Å². The number of rotatable bonds is 3. The van der Waals surface area contributed by atoms with Crippen molar-refractivity contribution in [3.05, 3.63) is 0 Å². The number of hydrogen-bond acceptors (Lipinski definition) is 3. The van der Waals surface area contributed by atoms with Crippen molar-refractivity contribution in [3.8, 4) is 0 Å². The molecular formula is C10H20N2O2S. The molecule has 1 aliphatic carbocycles. The lowest BCUT2D eigenvalue weighted by atomic mass is 10.2. The number of nitrogens with two attached hydrogens (primary N) is 1. The van der Waals surface area contributed by atoms with Gasteiger partial charge in [-0.05, 0) is 31.6 Å². The molecule has 1 heterocycles. The summed E-state index contributed by atoms with van der Waals surface area (Å²) in [5, 5.41) is 0. The van der Waals surface area contributed by atoms with E-state index in [0.29, 0.717) is 18.2 Å². The lowest BCUT2D eigenvalue weighted by Gasteiger charge is -2.25. The average molecular weight is 232 g/mol. The van der Waals surface area contributed by atoms with Crippen molar-refractivity contribution in [2.75, 3.05) is 12.3 Å². The highest BCUT2D eigenvalue weighted by molar-refractivity contribution is 7.89. The van der Waals surface area contributed by atoms with Gasteiger partial charge < -0.3 is 5.73 Å². The minimum Gasteiger partial charge on any atom is -0.315 e. The third-order valence-corrected chi connectivity index (χ3v) is 5.31. The molecule has 88 valence electrons. The Kier molecular flexibility index (Phi) is 3.33. The van der Waals surface area contributed by atoms with Gasteiger partial charge in [-0.15, -0.1) is 0 Å². The van der Waals surface area contributed by atoms with Crippen molar-refractivity contribution in [3.63, 3.8) is 0 Å². The normalized spacial score (nSPS) is 30.1. The molecule has 1 aliphatic heterocycles. The molecule has 0 radical (unpaired) electrons. The van der Waals surface area contributed by atoms with Crippen LogP contribution in [0, 0.1) is 5.92 Å². The second-order valence-corrected chi connectivity index (χ2v) is 6.72. The van der Waals surface area contributed by atoms with E-state index in [2.05, 4.69) is 0 Å². The molecule has 4 nitrogen and oxygen atoms in total. The molecule has 1 atom stereocenters. The molecule has 0 aromatic carbocycles. The fraction of sp³-hybridized carbons (Fsp3) is 1.00. The zero-order valence-corrected chi connectivity index (χ0v) is 9.88. The molecule has 2 fully saturated rings. The molecule has 0 amide bonds. The molecule has 15 heavy (non-hydrogen) atoms. The van der Waals surface area contributed by atoms with Gasteiger partial charge in [-0.2, -0.15) is 4.31 Å². The summed E-state index contributed by atoms with van der Waals surface area (Å²) in [6, 6.07) is 0. The molecule has 5 heteroatoms. The predicted octanol–water partition coefficient (Wildman–Crippen LogP) is 0.887. The first-order chi connectivity index (χ1) is 7.09.